The second-order valence-corrected chi connectivity index (χ2v) is 5.59. The molecule has 2 atom stereocenters. The van der Waals surface area contributed by atoms with Crippen molar-refractivity contribution < 1.29 is 9.59 Å². The van der Waals surface area contributed by atoms with E-state index in [9.17, 15) is 9.59 Å². The van der Waals surface area contributed by atoms with Crippen LogP contribution in [0, 0.1) is 17.8 Å². The number of piperidine rings is 1. The van der Waals surface area contributed by atoms with Gasteiger partial charge < -0.3 is 16.4 Å². The maximum Gasteiger partial charge on any atom is 0.226 e. The van der Waals surface area contributed by atoms with E-state index in [1.54, 1.807) is 4.90 Å². The third-order valence-electron chi connectivity index (χ3n) is 3.53. The summed E-state index contributed by atoms with van der Waals surface area (Å²) in [5, 5.41) is 0. The van der Waals surface area contributed by atoms with Crippen molar-refractivity contribution in [1.29, 1.82) is 0 Å². The van der Waals surface area contributed by atoms with Crippen molar-refractivity contribution in [3.8, 4) is 0 Å². The molecule has 0 aromatic rings. The van der Waals surface area contributed by atoms with Crippen molar-refractivity contribution in [2.75, 3.05) is 19.6 Å². The molecule has 0 aromatic carbocycles. The van der Waals surface area contributed by atoms with Crippen LogP contribution in [0.3, 0.4) is 0 Å². The van der Waals surface area contributed by atoms with Crippen LogP contribution in [0.2, 0.25) is 0 Å². The maximum absolute atomic E-state index is 12.3. The lowest BCUT2D eigenvalue weighted by Gasteiger charge is -2.34. The van der Waals surface area contributed by atoms with Gasteiger partial charge in [-0.1, -0.05) is 13.8 Å². The van der Waals surface area contributed by atoms with Gasteiger partial charge in [-0.3, -0.25) is 9.59 Å². The molecule has 1 aliphatic heterocycles. The average molecular weight is 255 g/mol. The minimum atomic E-state index is -0.305. The number of primary amides is 1. The van der Waals surface area contributed by atoms with Crippen LogP contribution in [0.5, 0.6) is 0 Å². The van der Waals surface area contributed by atoms with Crippen molar-refractivity contribution in [1.82, 2.24) is 4.90 Å². The normalized spacial score (nSPS) is 22.0. The zero-order chi connectivity index (χ0) is 13.7. The van der Waals surface area contributed by atoms with Crippen LogP contribution in [0.4, 0.5) is 0 Å². The van der Waals surface area contributed by atoms with Gasteiger partial charge in [-0.25, -0.2) is 0 Å². The first-order valence-corrected chi connectivity index (χ1v) is 6.73. The summed E-state index contributed by atoms with van der Waals surface area (Å²) in [6, 6.07) is 0. The van der Waals surface area contributed by atoms with E-state index in [4.69, 9.17) is 11.5 Å². The fraction of sp³-hybridized carbons (Fsp3) is 0.846. The average Bonchev–Trinajstić information content (AvgIpc) is 2.35. The molecular weight excluding hydrogens is 230 g/mol. The number of nitrogens with zero attached hydrogens (tertiary/aromatic N) is 1. The van der Waals surface area contributed by atoms with Crippen LogP contribution >= 0.6 is 0 Å². The molecule has 1 fully saturated rings. The molecule has 4 N–H and O–H groups in total. The Bertz CT molecular complexity index is 305. The van der Waals surface area contributed by atoms with Crippen LogP contribution in [0.15, 0.2) is 0 Å². The van der Waals surface area contributed by atoms with Crippen LogP contribution in [0.25, 0.3) is 0 Å². The third kappa shape index (κ3) is 3.98. The minimum absolute atomic E-state index is 0.0807. The van der Waals surface area contributed by atoms with Crippen molar-refractivity contribution >= 4 is 11.8 Å². The molecule has 0 aliphatic carbocycles. The number of hydrogen-bond acceptors (Lipinski definition) is 3. The standard InChI is InChI=1S/C13H25N3O2/c1-9(2)6-11(7-14)13(18)16-5-3-4-10(8-16)12(15)17/h9-11H,3-8,14H2,1-2H3,(H2,15,17). The Morgan fingerprint density at radius 2 is 2.06 bits per heavy atom. The summed E-state index contributed by atoms with van der Waals surface area (Å²) in [7, 11) is 0. The van der Waals surface area contributed by atoms with Gasteiger partial charge in [-0.15, -0.1) is 0 Å². The van der Waals surface area contributed by atoms with Crippen molar-refractivity contribution in [2.24, 2.45) is 29.2 Å². The Morgan fingerprint density at radius 3 is 2.56 bits per heavy atom. The number of nitrogens with two attached hydrogens (primary N) is 2. The van der Waals surface area contributed by atoms with Crippen LogP contribution in [-0.4, -0.2) is 36.3 Å². The Labute approximate surface area is 109 Å². The molecule has 0 bridgehead atoms. The lowest BCUT2D eigenvalue weighted by atomic mass is 9.92. The zero-order valence-electron chi connectivity index (χ0n) is 11.4. The van der Waals surface area contributed by atoms with Gasteiger partial charge in [0.05, 0.1) is 11.8 Å². The lowest BCUT2D eigenvalue weighted by Crippen LogP contribution is -2.47. The molecule has 2 unspecified atom stereocenters. The predicted molar refractivity (Wildman–Crippen MR) is 70.5 cm³/mol. The molecule has 1 aliphatic rings. The molecule has 0 spiro atoms. The molecule has 18 heavy (non-hydrogen) atoms. The van der Waals surface area contributed by atoms with E-state index in [0.29, 0.717) is 19.0 Å². The van der Waals surface area contributed by atoms with Gasteiger partial charge in [0.1, 0.15) is 0 Å². The van der Waals surface area contributed by atoms with E-state index in [1.165, 1.54) is 0 Å². The highest BCUT2D eigenvalue weighted by Gasteiger charge is 2.30. The van der Waals surface area contributed by atoms with Crippen LogP contribution < -0.4 is 11.5 Å². The molecule has 1 rings (SSSR count). The van der Waals surface area contributed by atoms with Gasteiger partial charge in [0.25, 0.3) is 0 Å². The van der Waals surface area contributed by atoms with Gasteiger partial charge in [0.2, 0.25) is 11.8 Å². The lowest BCUT2D eigenvalue weighted by molar-refractivity contribution is -0.139. The fourth-order valence-electron chi connectivity index (χ4n) is 2.53. The smallest absolute Gasteiger partial charge is 0.226 e. The first kappa shape index (κ1) is 15.0. The minimum Gasteiger partial charge on any atom is -0.369 e. The Hall–Kier alpha value is -1.10. The molecule has 1 heterocycles. The second-order valence-electron chi connectivity index (χ2n) is 5.59. The summed E-state index contributed by atoms with van der Waals surface area (Å²) in [5.41, 5.74) is 11.0. The highest BCUT2D eigenvalue weighted by Crippen LogP contribution is 2.20. The van der Waals surface area contributed by atoms with Gasteiger partial charge in [-0.2, -0.15) is 0 Å². The van der Waals surface area contributed by atoms with E-state index < -0.39 is 0 Å². The topological polar surface area (TPSA) is 89.4 Å². The SMILES string of the molecule is CC(C)CC(CN)C(=O)N1CCCC(C(N)=O)C1. The number of carbonyl (C=O) groups is 2. The molecule has 5 nitrogen and oxygen atoms in total. The summed E-state index contributed by atoms with van der Waals surface area (Å²) >= 11 is 0. The molecule has 0 aromatic heterocycles. The van der Waals surface area contributed by atoms with Crippen molar-refractivity contribution in [3.05, 3.63) is 0 Å². The summed E-state index contributed by atoms with van der Waals surface area (Å²) in [4.78, 5) is 25.3. The highest BCUT2D eigenvalue weighted by atomic mass is 16.2. The number of carbonyl (C=O) groups excluding carboxylic acids is 2. The van der Waals surface area contributed by atoms with E-state index in [1.807, 2.05) is 0 Å². The van der Waals surface area contributed by atoms with E-state index in [-0.39, 0.29) is 23.7 Å². The summed E-state index contributed by atoms with van der Waals surface area (Å²) in [6.45, 7) is 5.71. The van der Waals surface area contributed by atoms with E-state index in [2.05, 4.69) is 13.8 Å². The largest absolute Gasteiger partial charge is 0.369 e. The number of likely N-dealkylation sites (tertiary alicyclic amines) is 1. The zero-order valence-corrected chi connectivity index (χ0v) is 11.4. The first-order valence-electron chi connectivity index (χ1n) is 6.73. The quantitative estimate of drug-likeness (QED) is 0.742. The summed E-state index contributed by atoms with van der Waals surface area (Å²) in [6.07, 6.45) is 2.43. The Morgan fingerprint density at radius 1 is 1.39 bits per heavy atom. The number of rotatable bonds is 5. The van der Waals surface area contributed by atoms with Gasteiger partial charge >= 0.3 is 0 Å². The third-order valence-corrected chi connectivity index (χ3v) is 3.53. The van der Waals surface area contributed by atoms with E-state index in [0.717, 1.165) is 25.8 Å². The molecule has 1 saturated heterocycles. The molecule has 5 heteroatoms. The monoisotopic (exact) mass is 255 g/mol. The van der Waals surface area contributed by atoms with Crippen molar-refractivity contribution in [2.45, 2.75) is 33.1 Å². The Kier molecular flexibility index (Phi) is 5.59. The van der Waals surface area contributed by atoms with Gasteiger partial charge in [0.15, 0.2) is 0 Å². The number of hydrogen-bond donors (Lipinski definition) is 2. The predicted octanol–water partition coefficient (Wildman–Crippen LogP) is 0.331. The summed E-state index contributed by atoms with van der Waals surface area (Å²) < 4.78 is 0. The fourth-order valence-corrected chi connectivity index (χ4v) is 2.53. The van der Waals surface area contributed by atoms with Crippen molar-refractivity contribution in [3.63, 3.8) is 0 Å². The maximum atomic E-state index is 12.3. The Balaban J connectivity index is 2.61. The molecule has 2 amide bonds. The second kappa shape index (κ2) is 6.73. The molecular formula is C13H25N3O2. The molecule has 0 saturated carbocycles. The molecule has 104 valence electrons. The first-order chi connectivity index (χ1) is 8.45. The summed E-state index contributed by atoms with van der Waals surface area (Å²) in [5.74, 6) is -0.103. The van der Waals surface area contributed by atoms with Gasteiger partial charge in [-0.05, 0) is 25.2 Å². The van der Waals surface area contributed by atoms with Crippen LogP contribution in [0.1, 0.15) is 33.1 Å². The highest BCUT2D eigenvalue weighted by molar-refractivity contribution is 5.81. The van der Waals surface area contributed by atoms with Crippen LogP contribution in [-0.2, 0) is 9.59 Å². The molecule has 0 radical (unpaired) electrons. The van der Waals surface area contributed by atoms with E-state index >= 15 is 0 Å². The number of amides is 2. The van der Waals surface area contributed by atoms with Gasteiger partial charge in [0, 0.05) is 19.6 Å².